The number of rotatable bonds is 33. The highest BCUT2D eigenvalue weighted by Crippen LogP contribution is 2.22. The van der Waals surface area contributed by atoms with Crippen LogP contribution in [0.5, 0.6) is 0 Å². The summed E-state index contributed by atoms with van der Waals surface area (Å²) < 4.78 is 83.4. The highest BCUT2D eigenvalue weighted by atomic mass is 28.4. The zero-order valence-corrected chi connectivity index (χ0v) is 75.4. The molecule has 0 spiro atoms. The van der Waals surface area contributed by atoms with E-state index >= 15 is 0 Å². The molecule has 0 aromatic carbocycles. The van der Waals surface area contributed by atoms with Gasteiger partial charge >= 0.3 is 49.2 Å². The van der Waals surface area contributed by atoms with Gasteiger partial charge < -0.3 is 80.5 Å². The minimum Gasteiger partial charge on any atom is -0.438 e. The van der Waals surface area contributed by atoms with Crippen molar-refractivity contribution in [1.29, 1.82) is 0 Å². The Kier molecular flexibility index (Phi) is 50.1. The fourth-order valence-electron chi connectivity index (χ4n) is 6.77. The molecule has 0 atom stereocenters. The predicted molar refractivity (Wildman–Crippen MR) is 400 cm³/mol. The fourth-order valence-corrected chi connectivity index (χ4v) is 36.0. The summed E-state index contributed by atoms with van der Waals surface area (Å²) in [5.41, 5.74) is 2.56. The molecule has 0 unspecified atom stereocenters. The molecule has 0 aromatic heterocycles. The smallest absolute Gasteiger partial charge is 0.438 e. The molecule has 36 heteroatoms. The van der Waals surface area contributed by atoms with Crippen LogP contribution in [-0.4, -0.2) is 254 Å². The van der Waals surface area contributed by atoms with E-state index in [0.29, 0.717) is 49.8 Å². The van der Waals surface area contributed by atoms with Crippen LogP contribution in [0.15, 0.2) is 0 Å². The Morgan fingerprint density at radius 3 is 0.532 bits per heavy atom. The Hall–Kier alpha value is -3.49. The van der Waals surface area contributed by atoms with Crippen LogP contribution in [0.3, 0.4) is 0 Å². The molecule has 0 heterocycles. The van der Waals surface area contributed by atoms with Gasteiger partial charge in [-0.25, -0.2) is 38.4 Å². The van der Waals surface area contributed by atoms with Gasteiger partial charge in [0.2, 0.25) is 0 Å². The lowest BCUT2D eigenvalue weighted by Gasteiger charge is -2.30. The zero-order chi connectivity index (χ0) is 74.9. The van der Waals surface area contributed by atoms with Crippen LogP contribution in [-0.2, 0) is 80.5 Å². The molecule has 0 fully saturated rings. The van der Waals surface area contributed by atoms with Crippen molar-refractivity contribution in [2.45, 2.75) is 208 Å². The van der Waals surface area contributed by atoms with Crippen LogP contribution in [0, 0.1) is 0 Å². The Bertz CT molecular complexity index is 2010. The molecular formula is C58H132O25Si11. The first kappa shape index (κ1) is 99.2. The van der Waals surface area contributed by atoms with Crippen molar-refractivity contribution in [2.24, 2.45) is 0 Å². The summed E-state index contributed by atoms with van der Waals surface area (Å²) in [6, 6.07) is 0. The predicted octanol–water partition coefficient (Wildman–Crippen LogP) is 15.7. The van der Waals surface area contributed by atoms with Crippen LogP contribution in [0.4, 0.5) is 38.4 Å². The number of ether oxygens (including phenoxy) is 17. The average Bonchev–Trinajstić information content (AvgIpc) is 1.01. The molecule has 0 N–H and O–H groups in total. The second kappa shape index (κ2) is 47.5. The van der Waals surface area contributed by atoms with Gasteiger partial charge in [0, 0.05) is 16.1 Å². The molecule has 0 aliphatic heterocycles. The molecule has 558 valence electrons. The molecule has 0 radical (unpaired) electrons. The fraction of sp³-hybridized carbons (Fsp3) is 0.862. The number of carbonyl (C=O) groups is 8. The van der Waals surface area contributed by atoms with Crippen LogP contribution < -0.4 is 0 Å². The van der Waals surface area contributed by atoms with Crippen molar-refractivity contribution >= 4 is 138 Å². The lowest BCUT2D eigenvalue weighted by molar-refractivity contribution is 0.0113. The van der Waals surface area contributed by atoms with Gasteiger partial charge in [0.25, 0.3) is 0 Å². The van der Waals surface area contributed by atoms with E-state index in [1.54, 1.807) is 0 Å². The third-order valence-corrected chi connectivity index (χ3v) is 35.7. The van der Waals surface area contributed by atoms with Crippen molar-refractivity contribution in [3.8, 4) is 0 Å². The monoisotopic (exact) mass is 1540 g/mol. The summed E-state index contributed by atoms with van der Waals surface area (Å²) in [6.45, 7) is 65.9. The Morgan fingerprint density at radius 2 is 0.351 bits per heavy atom. The van der Waals surface area contributed by atoms with E-state index in [4.69, 9.17) is 71.1 Å². The lowest BCUT2D eigenvalue weighted by Crippen LogP contribution is -2.44. The second-order valence-corrected chi connectivity index (χ2v) is 94.3. The minimum absolute atomic E-state index is 0.0351. The van der Waals surface area contributed by atoms with Gasteiger partial charge in [0.15, 0.2) is 0 Å². The number of hydrogen-bond donors (Lipinski definition) is 0. The van der Waals surface area contributed by atoms with Crippen LogP contribution in [0.1, 0.15) is 0 Å². The van der Waals surface area contributed by atoms with E-state index in [0.717, 1.165) is 0 Å². The SMILES string of the molecule is COC(=O)OC[Si](C)(C)COC(=O)OC.C[Si](C)(C)COC(=O)OCCOC(=O)OC[Si](C)(C)C.C[Si](C)(C)COC(=O)OCCOCCOC(=O)OC[Si](C)(C)C.C[Si](C)(C)COC(=O)OC[Si](C)(C)C.C[Si](C)(C)C[Si](C)(C)COC(=O)OC[Si](C)(C)C[Si](C)(C)C. The molecule has 0 rings (SSSR count). The first-order valence-electron chi connectivity index (χ1n) is 31.8. The lowest BCUT2D eigenvalue weighted by atomic mass is 10.7. The molecular weight excluding hydrogens is 1410 g/mol. The van der Waals surface area contributed by atoms with Crippen molar-refractivity contribution in [2.75, 3.05) is 116 Å². The first-order chi connectivity index (χ1) is 42.0. The third-order valence-electron chi connectivity index (χ3n) is 9.83. The molecule has 0 aromatic rings. The summed E-state index contributed by atoms with van der Waals surface area (Å²) >= 11 is 0. The van der Waals surface area contributed by atoms with Crippen LogP contribution in [0.2, 0.25) is 208 Å². The molecule has 0 amide bonds. The molecule has 0 bridgehead atoms. The van der Waals surface area contributed by atoms with E-state index in [2.05, 4.69) is 193 Å². The minimum atomic E-state index is -1.91. The highest BCUT2D eigenvalue weighted by molar-refractivity contribution is 6.95. The Morgan fingerprint density at radius 1 is 0.191 bits per heavy atom. The standard InChI is InChI=1S/C15H38O3Si4.C14H30O7Si2.C12H26O6Si2.C9H22O3Si2.C8H16O6Si/c1-19(2,3)13-21(7,8)11-17-15(16)18-12-22(9,10)14-20(4,5)6;1-22(2,3)11-20-13(15)18-9-7-17-8-10-19-14(16)21-12-23(4,5)6;1-19(2,3)9-17-11(13)15-7-8-16-12(14)18-10-20(4,5)6;1-13(2,3)7-11-9(10)12-8-14(4,5)6;1-11-7(9)13-5-15(3,4)6-14-8(10)12-2/h11-14H2,1-10H3;7-12H2,1-6H3;7-10H2,1-6H3;7-8H2,1-6H3;5-6H2,1-4H3. The number of carbonyl (C=O) groups excluding carboxylic acids is 8. The number of hydrogen-bond acceptors (Lipinski definition) is 25. The van der Waals surface area contributed by atoms with Crippen molar-refractivity contribution in [3.05, 3.63) is 0 Å². The Labute approximate surface area is 577 Å². The van der Waals surface area contributed by atoms with Gasteiger partial charge in [-0.1, -0.05) is 208 Å². The zero-order valence-electron chi connectivity index (χ0n) is 64.4. The maximum atomic E-state index is 11.9. The van der Waals surface area contributed by atoms with E-state index in [1.807, 2.05) is 13.1 Å². The highest BCUT2D eigenvalue weighted by Gasteiger charge is 2.33. The van der Waals surface area contributed by atoms with Gasteiger partial charge in [-0.3, -0.25) is 0 Å². The molecule has 25 nitrogen and oxygen atoms in total. The summed E-state index contributed by atoms with van der Waals surface area (Å²) in [5, 5.41) is 0. The van der Waals surface area contributed by atoms with Gasteiger partial charge in [-0.2, -0.15) is 0 Å². The van der Waals surface area contributed by atoms with Crippen LogP contribution in [0.25, 0.3) is 0 Å². The summed E-state index contributed by atoms with van der Waals surface area (Å²) in [7, 11) is -12.9. The second-order valence-electron chi connectivity index (χ2n) is 34.6. The first-order valence-corrected chi connectivity index (χ1v) is 71.7. The van der Waals surface area contributed by atoms with Crippen molar-refractivity contribution in [3.63, 3.8) is 0 Å². The third kappa shape index (κ3) is 84.6. The van der Waals surface area contributed by atoms with Crippen molar-refractivity contribution in [1.82, 2.24) is 0 Å². The van der Waals surface area contributed by atoms with E-state index in [-0.39, 0.29) is 52.1 Å². The van der Waals surface area contributed by atoms with Crippen LogP contribution >= 0.6 is 0 Å². The van der Waals surface area contributed by atoms with E-state index < -0.39 is 138 Å². The summed E-state index contributed by atoms with van der Waals surface area (Å²) in [6.07, 6.45) is -0.830. The van der Waals surface area contributed by atoms with Crippen molar-refractivity contribution < 1.29 is 119 Å². The van der Waals surface area contributed by atoms with E-state index in [1.165, 1.54) is 25.6 Å². The van der Waals surface area contributed by atoms with Gasteiger partial charge in [0.05, 0.1) is 154 Å². The Balaban J connectivity index is -0.000000355. The topological polar surface area (TPSA) is 293 Å². The molecule has 0 aliphatic rings. The molecule has 0 saturated heterocycles. The van der Waals surface area contributed by atoms with E-state index in [9.17, 15) is 38.4 Å². The molecule has 94 heavy (non-hydrogen) atoms. The average molecular weight is 1540 g/mol. The molecule has 0 saturated carbocycles. The number of methoxy groups -OCH3 is 2. The summed E-state index contributed by atoms with van der Waals surface area (Å²) in [4.78, 5) is 89.4. The van der Waals surface area contributed by atoms with Gasteiger partial charge in [-0.15, -0.1) is 0 Å². The molecule has 0 aliphatic carbocycles. The maximum absolute atomic E-state index is 11.9. The quantitative estimate of drug-likeness (QED) is 0.0255. The largest absolute Gasteiger partial charge is 0.508 e. The summed E-state index contributed by atoms with van der Waals surface area (Å²) in [5.74, 6) is 0. The normalized spacial score (nSPS) is 12.1. The van der Waals surface area contributed by atoms with Gasteiger partial charge in [-0.05, 0) is 0 Å². The van der Waals surface area contributed by atoms with Gasteiger partial charge in [0.1, 0.15) is 34.5 Å². The maximum Gasteiger partial charge on any atom is 0.508 e.